The van der Waals surface area contributed by atoms with Crippen LogP contribution in [0.3, 0.4) is 0 Å². The van der Waals surface area contributed by atoms with Crippen LogP contribution in [-0.2, 0) is 20.7 Å². The fourth-order valence-corrected chi connectivity index (χ4v) is 2.33. The number of carbonyl (C=O) groups is 2. The molecule has 25 heavy (non-hydrogen) atoms. The van der Waals surface area contributed by atoms with E-state index in [1.807, 2.05) is 44.2 Å². The second-order valence-electron chi connectivity index (χ2n) is 5.83. The third kappa shape index (κ3) is 5.60. The summed E-state index contributed by atoms with van der Waals surface area (Å²) >= 11 is 0. The lowest BCUT2D eigenvalue weighted by molar-refractivity contribution is -0.151. The second-order valence-corrected chi connectivity index (χ2v) is 5.83. The maximum atomic E-state index is 12.0. The zero-order valence-electron chi connectivity index (χ0n) is 14.6. The number of amides is 1. The van der Waals surface area contributed by atoms with Crippen LogP contribution in [0.15, 0.2) is 54.9 Å². The lowest BCUT2D eigenvalue weighted by Crippen LogP contribution is -2.35. The Kier molecular flexibility index (Phi) is 6.51. The van der Waals surface area contributed by atoms with Crippen LogP contribution in [0.2, 0.25) is 0 Å². The number of aromatic nitrogens is 2. The van der Waals surface area contributed by atoms with Crippen LogP contribution < -0.4 is 0 Å². The molecule has 0 saturated heterocycles. The van der Waals surface area contributed by atoms with Crippen molar-refractivity contribution in [3.8, 4) is 5.69 Å². The van der Waals surface area contributed by atoms with Crippen LogP contribution in [0, 0.1) is 0 Å². The number of esters is 1. The van der Waals surface area contributed by atoms with Crippen molar-refractivity contribution in [2.45, 2.75) is 20.3 Å². The van der Waals surface area contributed by atoms with E-state index in [4.69, 9.17) is 4.74 Å². The van der Waals surface area contributed by atoms with Gasteiger partial charge in [-0.1, -0.05) is 30.4 Å². The standard InChI is InChI=1S/C19H23N3O3/c1-4-21(12-15(2)3)18(23)14-25-19(24)10-16-11-20-22(13-16)17-8-6-5-7-9-17/h5-9,11,13H,2,4,10,12,14H2,1,3H3. The lowest BCUT2D eigenvalue weighted by Gasteiger charge is -2.20. The van der Waals surface area contributed by atoms with Crippen molar-refractivity contribution in [1.29, 1.82) is 0 Å². The zero-order chi connectivity index (χ0) is 18.2. The van der Waals surface area contributed by atoms with Gasteiger partial charge in [0, 0.05) is 24.8 Å². The van der Waals surface area contributed by atoms with Crippen LogP contribution in [0.25, 0.3) is 5.69 Å². The van der Waals surface area contributed by atoms with Crippen molar-refractivity contribution in [2.24, 2.45) is 0 Å². The number of nitrogens with zero attached hydrogens (tertiary/aromatic N) is 3. The Morgan fingerprint density at radius 3 is 2.64 bits per heavy atom. The molecule has 0 saturated carbocycles. The Morgan fingerprint density at radius 2 is 2.00 bits per heavy atom. The van der Waals surface area contributed by atoms with Crippen molar-refractivity contribution in [3.63, 3.8) is 0 Å². The maximum Gasteiger partial charge on any atom is 0.310 e. The van der Waals surface area contributed by atoms with Gasteiger partial charge in [0.25, 0.3) is 5.91 Å². The summed E-state index contributed by atoms with van der Waals surface area (Å²) in [5, 5.41) is 4.23. The average Bonchev–Trinajstić information content (AvgIpc) is 3.06. The molecule has 1 amide bonds. The molecule has 2 rings (SSSR count). The fraction of sp³-hybridized carbons (Fsp3) is 0.316. The highest BCUT2D eigenvalue weighted by Gasteiger charge is 2.15. The summed E-state index contributed by atoms with van der Waals surface area (Å²) < 4.78 is 6.78. The first kappa shape index (κ1) is 18.4. The van der Waals surface area contributed by atoms with E-state index in [-0.39, 0.29) is 18.9 Å². The van der Waals surface area contributed by atoms with E-state index in [9.17, 15) is 9.59 Å². The maximum absolute atomic E-state index is 12.0. The Labute approximate surface area is 147 Å². The molecule has 1 heterocycles. The third-order valence-electron chi connectivity index (χ3n) is 3.56. The van der Waals surface area contributed by atoms with E-state index in [0.29, 0.717) is 13.1 Å². The highest BCUT2D eigenvalue weighted by Crippen LogP contribution is 2.08. The quantitative estimate of drug-likeness (QED) is 0.546. The zero-order valence-corrected chi connectivity index (χ0v) is 14.6. The number of carbonyl (C=O) groups excluding carboxylic acids is 2. The van der Waals surface area contributed by atoms with Gasteiger partial charge in [-0.05, 0) is 26.0 Å². The smallest absolute Gasteiger partial charge is 0.310 e. The fourth-order valence-electron chi connectivity index (χ4n) is 2.33. The molecule has 1 aromatic heterocycles. The van der Waals surface area contributed by atoms with Crippen LogP contribution in [0.4, 0.5) is 0 Å². The molecule has 0 bridgehead atoms. The minimum Gasteiger partial charge on any atom is -0.455 e. The SMILES string of the molecule is C=C(C)CN(CC)C(=O)COC(=O)Cc1cnn(-c2ccccc2)c1. The molecule has 1 aromatic carbocycles. The van der Waals surface area contributed by atoms with Crippen LogP contribution >= 0.6 is 0 Å². The second kappa shape index (κ2) is 8.82. The highest BCUT2D eigenvalue weighted by molar-refractivity contribution is 5.81. The van der Waals surface area contributed by atoms with E-state index in [1.54, 1.807) is 22.0 Å². The van der Waals surface area contributed by atoms with Gasteiger partial charge in [0.05, 0.1) is 18.3 Å². The summed E-state index contributed by atoms with van der Waals surface area (Å²) in [5.41, 5.74) is 2.53. The first-order valence-electron chi connectivity index (χ1n) is 8.16. The molecule has 0 aliphatic heterocycles. The molecule has 0 aliphatic carbocycles. The van der Waals surface area contributed by atoms with Crippen molar-refractivity contribution in [3.05, 3.63) is 60.4 Å². The summed E-state index contributed by atoms with van der Waals surface area (Å²) in [6, 6.07) is 9.61. The summed E-state index contributed by atoms with van der Waals surface area (Å²) in [6.07, 6.45) is 3.47. The number of hydrogen-bond donors (Lipinski definition) is 0. The number of ether oxygens (including phenoxy) is 1. The lowest BCUT2D eigenvalue weighted by atomic mass is 10.2. The Balaban J connectivity index is 1.85. The monoisotopic (exact) mass is 341 g/mol. The van der Waals surface area contributed by atoms with Gasteiger partial charge in [0.1, 0.15) is 0 Å². The van der Waals surface area contributed by atoms with Crippen LogP contribution in [0.5, 0.6) is 0 Å². The van der Waals surface area contributed by atoms with Gasteiger partial charge >= 0.3 is 5.97 Å². The largest absolute Gasteiger partial charge is 0.455 e. The van der Waals surface area contributed by atoms with Crippen LogP contribution in [-0.4, -0.2) is 46.3 Å². The van der Waals surface area contributed by atoms with E-state index >= 15 is 0 Å². The molecule has 0 unspecified atom stereocenters. The summed E-state index contributed by atoms with van der Waals surface area (Å²) in [4.78, 5) is 25.6. The van der Waals surface area contributed by atoms with Gasteiger partial charge in [0.15, 0.2) is 6.61 Å². The van der Waals surface area contributed by atoms with E-state index in [1.165, 1.54) is 0 Å². The number of para-hydroxylation sites is 1. The summed E-state index contributed by atoms with van der Waals surface area (Å²) in [6.45, 7) is 8.28. The number of hydrogen-bond acceptors (Lipinski definition) is 4. The van der Waals surface area contributed by atoms with E-state index < -0.39 is 5.97 Å². The minimum atomic E-state index is -0.452. The predicted octanol–water partition coefficient (Wildman–Crippen LogP) is 2.38. The Morgan fingerprint density at radius 1 is 1.28 bits per heavy atom. The molecule has 0 fully saturated rings. The van der Waals surface area contributed by atoms with Crippen molar-refractivity contribution < 1.29 is 14.3 Å². The van der Waals surface area contributed by atoms with E-state index in [2.05, 4.69) is 11.7 Å². The Bertz CT molecular complexity index is 737. The molecule has 6 heteroatoms. The topological polar surface area (TPSA) is 64.4 Å². The molecule has 0 spiro atoms. The third-order valence-corrected chi connectivity index (χ3v) is 3.56. The molecule has 6 nitrogen and oxygen atoms in total. The predicted molar refractivity (Wildman–Crippen MR) is 95.3 cm³/mol. The Hall–Kier alpha value is -2.89. The molecular weight excluding hydrogens is 318 g/mol. The molecular formula is C19H23N3O3. The highest BCUT2D eigenvalue weighted by atomic mass is 16.5. The van der Waals surface area contributed by atoms with Gasteiger partial charge in [-0.2, -0.15) is 5.10 Å². The number of likely N-dealkylation sites (N-methyl/N-ethyl adjacent to an activating group) is 1. The molecule has 0 N–H and O–H groups in total. The van der Waals surface area contributed by atoms with Crippen LogP contribution in [0.1, 0.15) is 19.4 Å². The summed E-state index contributed by atoms with van der Waals surface area (Å²) in [7, 11) is 0. The van der Waals surface area contributed by atoms with Crippen molar-refractivity contribution in [1.82, 2.24) is 14.7 Å². The number of rotatable bonds is 8. The van der Waals surface area contributed by atoms with Crippen molar-refractivity contribution >= 4 is 11.9 Å². The average molecular weight is 341 g/mol. The molecule has 0 aliphatic rings. The molecule has 132 valence electrons. The molecule has 0 atom stereocenters. The van der Waals surface area contributed by atoms with Gasteiger partial charge < -0.3 is 9.64 Å². The molecule has 0 radical (unpaired) electrons. The van der Waals surface area contributed by atoms with Crippen molar-refractivity contribution in [2.75, 3.05) is 19.7 Å². The summed E-state index contributed by atoms with van der Waals surface area (Å²) in [5.74, 6) is -0.675. The number of benzene rings is 1. The van der Waals surface area contributed by atoms with Gasteiger partial charge in [0.2, 0.25) is 0 Å². The first-order valence-corrected chi connectivity index (χ1v) is 8.16. The van der Waals surface area contributed by atoms with Gasteiger partial charge in [-0.25, -0.2) is 4.68 Å². The van der Waals surface area contributed by atoms with Gasteiger partial charge in [-0.15, -0.1) is 0 Å². The normalized spacial score (nSPS) is 10.3. The first-order chi connectivity index (χ1) is 12.0. The minimum absolute atomic E-state index is 0.0761. The molecule has 2 aromatic rings. The van der Waals surface area contributed by atoms with Gasteiger partial charge in [-0.3, -0.25) is 9.59 Å². The van der Waals surface area contributed by atoms with E-state index in [0.717, 1.165) is 16.8 Å².